The molecular formula is C17H24BrNO. The van der Waals surface area contributed by atoms with E-state index in [4.69, 9.17) is 4.74 Å². The summed E-state index contributed by atoms with van der Waals surface area (Å²) in [6.07, 6.45) is 8.67. The predicted octanol–water partition coefficient (Wildman–Crippen LogP) is 4.61. The lowest BCUT2D eigenvalue weighted by atomic mass is 9.77. The van der Waals surface area contributed by atoms with Crippen molar-refractivity contribution in [1.29, 1.82) is 0 Å². The van der Waals surface area contributed by atoms with E-state index in [1.165, 1.54) is 61.7 Å². The molecule has 0 atom stereocenters. The molecule has 1 aliphatic carbocycles. The smallest absolute Gasteiger partial charge is 0.119 e. The lowest BCUT2D eigenvalue weighted by molar-refractivity contribution is 0.103. The van der Waals surface area contributed by atoms with E-state index < -0.39 is 0 Å². The van der Waals surface area contributed by atoms with Crippen LogP contribution in [0, 0.1) is 5.41 Å². The highest BCUT2D eigenvalue weighted by Gasteiger charge is 2.36. The van der Waals surface area contributed by atoms with Gasteiger partial charge in [0, 0.05) is 11.0 Å². The number of piperidine rings is 1. The van der Waals surface area contributed by atoms with Gasteiger partial charge in [0.1, 0.15) is 5.75 Å². The van der Waals surface area contributed by atoms with Gasteiger partial charge in [0.15, 0.2) is 0 Å². The SMILES string of the molecule is COc1ccc(Br)c(CN2CCC3(CCCC3)CC2)c1. The van der Waals surface area contributed by atoms with Crippen LogP contribution in [0.15, 0.2) is 22.7 Å². The molecule has 1 heterocycles. The molecule has 1 saturated heterocycles. The third kappa shape index (κ3) is 3.04. The Bertz CT molecular complexity index is 458. The number of halogens is 1. The van der Waals surface area contributed by atoms with E-state index in [-0.39, 0.29) is 0 Å². The number of hydrogen-bond donors (Lipinski definition) is 0. The van der Waals surface area contributed by atoms with Gasteiger partial charge in [-0.1, -0.05) is 28.8 Å². The van der Waals surface area contributed by atoms with Crippen LogP contribution < -0.4 is 4.74 Å². The third-order valence-corrected chi connectivity index (χ3v) is 6.00. The van der Waals surface area contributed by atoms with Crippen LogP contribution in [-0.4, -0.2) is 25.1 Å². The molecule has 0 aromatic heterocycles. The summed E-state index contributed by atoms with van der Waals surface area (Å²) in [4.78, 5) is 2.60. The summed E-state index contributed by atoms with van der Waals surface area (Å²) >= 11 is 3.66. The molecule has 20 heavy (non-hydrogen) atoms. The molecule has 1 spiro atoms. The number of ether oxygens (including phenoxy) is 1. The lowest BCUT2D eigenvalue weighted by Crippen LogP contribution is -2.38. The number of likely N-dealkylation sites (tertiary alicyclic amines) is 1. The van der Waals surface area contributed by atoms with Gasteiger partial charge in [-0.05, 0) is 68.0 Å². The Balaban J connectivity index is 1.62. The molecular weight excluding hydrogens is 314 g/mol. The van der Waals surface area contributed by atoms with Gasteiger partial charge in [0.2, 0.25) is 0 Å². The van der Waals surface area contributed by atoms with Crippen LogP contribution in [0.25, 0.3) is 0 Å². The van der Waals surface area contributed by atoms with Crippen LogP contribution in [0.3, 0.4) is 0 Å². The number of benzene rings is 1. The molecule has 1 aliphatic heterocycles. The Morgan fingerprint density at radius 1 is 1.15 bits per heavy atom. The van der Waals surface area contributed by atoms with Crippen molar-refractivity contribution >= 4 is 15.9 Å². The fourth-order valence-corrected chi connectivity index (χ4v) is 4.22. The summed E-state index contributed by atoms with van der Waals surface area (Å²) in [6.45, 7) is 3.54. The maximum absolute atomic E-state index is 5.34. The molecule has 110 valence electrons. The van der Waals surface area contributed by atoms with E-state index >= 15 is 0 Å². The molecule has 1 aromatic carbocycles. The lowest BCUT2D eigenvalue weighted by Gasteiger charge is -2.39. The largest absolute Gasteiger partial charge is 0.497 e. The van der Waals surface area contributed by atoms with Gasteiger partial charge in [0.25, 0.3) is 0 Å². The van der Waals surface area contributed by atoms with Crippen molar-refractivity contribution in [3.63, 3.8) is 0 Å². The Labute approximate surface area is 130 Å². The molecule has 0 unspecified atom stereocenters. The molecule has 2 nitrogen and oxygen atoms in total. The van der Waals surface area contributed by atoms with Gasteiger partial charge in [-0.15, -0.1) is 0 Å². The topological polar surface area (TPSA) is 12.5 Å². The Morgan fingerprint density at radius 3 is 2.50 bits per heavy atom. The van der Waals surface area contributed by atoms with Crippen molar-refractivity contribution in [2.45, 2.75) is 45.1 Å². The quantitative estimate of drug-likeness (QED) is 0.798. The maximum Gasteiger partial charge on any atom is 0.119 e. The molecule has 0 radical (unpaired) electrons. The standard InChI is InChI=1S/C17H24BrNO/c1-20-15-4-5-16(18)14(12-15)13-19-10-8-17(9-11-19)6-2-3-7-17/h4-5,12H,2-3,6-11,13H2,1H3. The first-order valence-corrected chi connectivity index (χ1v) is 8.55. The van der Waals surface area contributed by atoms with Crippen LogP contribution in [-0.2, 0) is 6.54 Å². The van der Waals surface area contributed by atoms with Gasteiger partial charge in [0.05, 0.1) is 7.11 Å². The van der Waals surface area contributed by atoms with Gasteiger partial charge < -0.3 is 4.74 Å². The maximum atomic E-state index is 5.34. The highest BCUT2D eigenvalue weighted by atomic mass is 79.9. The van der Waals surface area contributed by atoms with Crippen molar-refractivity contribution in [1.82, 2.24) is 4.90 Å². The van der Waals surface area contributed by atoms with Crippen LogP contribution >= 0.6 is 15.9 Å². The van der Waals surface area contributed by atoms with Gasteiger partial charge in [-0.25, -0.2) is 0 Å². The first kappa shape index (κ1) is 14.4. The van der Waals surface area contributed by atoms with Crippen molar-refractivity contribution in [2.75, 3.05) is 20.2 Å². The Morgan fingerprint density at radius 2 is 1.85 bits per heavy atom. The second-order valence-corrected chi connectivity index (χ2v) is 7.29. The number of rotatable bonds is 3. The molecule has 0 N–H and O–H groups in total. The molecule has 0 amide bonds. The molecule has 0 bridgehead atoms. The fraction of sp³-hybridized carbons (Fsp3) is 0.647. The average Bonchev–Trinajstić information content (AvgIpc) is 2.92. The predicted molar refractivity (Wildman–Crippen MR) is 86.1 cm³/mol. The summed E-state index contributed by atoms with van der Waals surface area (Å²) in [5.74, 6) is 0.951. The summed E-state index contributed by atoms with van der Waals surface area (Å²) in [6, 6.07) is 6.26. The number of nitrogens with zero attached hydrogens (tertiary/aromatic N) is 1. The Hall–Kier alpha value is -0.540. The molecule has 1 saturated carbocycles. The van der Waals surface area contributed by atoms with Gasteiger partial charge in [-0.2, -0.15) is 0 Å². The molecule has 1 aromatic rings. The van der Waals surface area contributed by atoms with Gasteiger partial charge >= 0.3 is 0 Å². The van der Waals surface area contributed by atoms with E-state index in [9.17, 15) is 0 Å². The highest BCUT2D eigenvalue weighted by molar-refractivity contribution is 9.10. The normalized spacial score (nSPS) is 22.3. The molecule has 2 fully saturated rings. The van der Waals surface area contributed by atoms with Crippen LogP contribution in [0.5, 0.6) is 5.75 Å². The minimum Gasteiger partial charge on any atom is -0.497 e. The first-order chi connectivity index (χ1) is 9.71. The average molecular weight is 338 g/mol. The molecule has 3 rings (SSSR count). The van der Waals surface area contributed by atoms with Crippen LogP contribution in [0.4, 0.5) is 0 Å². The molecule has 3 heteroatoms. The fourth-order valence-electron chi connectivity index (χ4n) is 3.85. The summed E-state index contributed by atoms with van der Waals surface area (Å²) < 4.78 is 6.53. The van der Waals surface area contributed by atoms with E-state index in [0.29, 0.717) is 5.41 Å². The number of hydrogen-bond acceptors (Lipinski definition) is 2. The minimum absolute atomic E-state index is 0.710. The number of methoxy groups -OCH3 is 1. The second-order valence-electron chi connectivity index (χ2n) is 6.44. The zero-order valence-electron chi connectivity index (χ0n) is 12.3. The second kappa shape index (κ2) is 6.07. The van der Waals surface area contributed by atoms with Gasteiger partial charge in [-0.3, -0.25) is 4.90 Å². The van der Waals surface area contributed by atoms with Crippen molar-refractivity contribution in [2.24, 2.45) is 5.41 Å². The zero-order chi connectivity index (χ0) is 14.0. The Kier molecular flexibility index (Phi) is 4.37. The van der Waals surface area contributed by atoms with Crippen LogP contribution in [0.1, 0.15) is 44.1 Å². The van der Waals surface area contributed by atoms with E-state index in [1.807, 2.05) is 6.07 Å². The molecule has 2 aliphatic rings. The highest BCUT2D eigenvalue weighted by Crippen LogP contribution is 2.46. The summed E-state index contributed by atoms with van der Waals surface area (Å²) in [5, 5.41) is 0. The monoisotopic (exact) mass is 337 g/mol. The summed E-state index contributed by atoms with van der Waals surface area (Å²) in [7, 11) is 1.73. The van der Waals surface area contributed by atoms with E-state index in [1.54, 1.807) is 7.11 Å². The summed E-state index contributed by atoms with van der Waals surface area (Å²) in [5.41, 5.74) is 2.05. The minimum atomic E-state index is 0.710. The first-order valence-electron chi connectivity index (χ1n) is 7.76. The zero-order valence-corrected chi connectivity index (χ0v) is 13.9. The van der Waals surface area contributed by atoms with Crippen LogP contribution in [0.2, 0.25) is 0 Å². The van der Waals surface area contributed by atoms with E-state index in [2.05, 4.69) is 33.0 Å². The van der Waals surface area contributed by atoms with Crippen molar-refractivity contribution < 1.29 is 4.74 Å². The van der Waals surface area contributed by atoms with Crippen molar-refractivity contribution in [3.8, 4) is 5.75 Å². The van der Waals surface area contributed by atoms with E-state index in [0.717, 1.165) is 12.3 Å². The van der Waals surface area contributed by atoms with Crippen molar-refractivity contribution in [3.05, 3.63) is 28.2 Å². The third-order valence-electron chi connectivity index (χ3n) is 5.23.